The van der Waals surface area contributed by atoms with Gasteiger partial charge in [-0.3, -0.25) is 0 Å². The highest BCUT2D eigenvalue weighted by molar-refractivity contribution is 5.07. The van der Waals surface area contributed by atoms with E-state index in [9.17, 15) is 10.2 Å². The molecule has 0 spiro atoms. The molecule has 6 atom stereocenters. The van der Waals surface area contributed by atoms with E-state index < -0.39 is 12.2 Å². The monoisotopic (exact) mass is 168 g/mol. The van der Waals surface area contributed by atoms with E-state index in [2.05, 4.69) is 0 Å². The van der Waals surface area contributed by atoms with Crippen LogP contribution in [0.2, 0.25) is 0 Å². The maximum absolute atomic E-state index is 9.68. The summed E-state index contributed by atoms with van der Waals surface area (Å²) >= 11 is 0. The summed E-state index contributed by atoms with van der Waals surface area (Å²) in [5, 5.41) is 19.4. The van der Waals surface area contributed by atoms with E-state index in [1.165, 1.54) is 19.3 Å². The van der Waals surface area contributed by atoms with Crippen LogP contribution >= 0.6 is 0 Å². The van der Waals surface area contributed by atoms with E-state index in [1.807, 2.05) is 0 Å². The molecular weight excluding hydrogens is 152 g/mol. The van der Waals surface area contributed by atoms with E-state index in [-0.39, 0.29) is 0 Å². The lowest BCUT2D eigenvalue weighted by Gasteiger charge is -2.32. The molecule has 2 bridgehead atoms. The lowest BCUT2D eigenvalue weighted by Crippen LogP contribution is -2.39. The van der Waals surface area contributed by atoms with E-state index >= 15 is 0 Å². The first kappa shape index (κ1) is 7.34. The molecule has 0 aromatic heterocycles. The molecule has 2 N–H and O–H groups in total. The van der Waals surface area contributed by atoms with Crippen molar-refractivity contribution in [2.75, 3.05) is 0 Å². The standard InChI is InChI=1S/C10H16O2/c11-9-7-4-8(10(9)12)6-3-1-2-5(6)7/h5-12H,1-4H2/t5?,6?,7?,8?,9-,10+. The molecule has 0 radical (unpaired) electrons. The zero-order valence-electron chi connectivity index (χ0n) is 7.19. The molecule has 12 heavy (non-hydrogen) atoms. The summed E-state index contributed by atoms with van der Waals surface area (Å²) in [7, 11) is 0. The summed E-state index contributed by atoms with van der Waals surface area (Å²) in [6.07, 6.45) is 4.23. The van der Waals surface area contributed by atoms with Crippen molar-refractivity contribution in [1.29, 1.82) is 0 Å². The average Bonchev–Trinajstić information content (AvgIpc) is 2.63. The van der Waals surface area contributed by atoms with Crippen molar-refractivity contribution in [3.8, 4) is 0 Å². The predicted octanol–water partition coefficient (Wildman–Crippen LogP) is 0.774. The Bertz CT molecular complexity index is 184. The minimum atomic E-state index is -0.394. The zero-order chi connectivity index (χ0) is 8.29. The minimum Gasteiger partial charge on any atom is -0.390 e. The van der Waals surface area contributed by atoms with Crippen LogP contribution in [0.15, 0.2) is 0 Å². The van der Waals surface area contributed by atoms with Gasteiger partial charge in [-0.2, -0.15) is 0 Å². The third-order valence-corrected chi connectivity index (χ3v) is 4.50. The third-order valence-electron chi connectivity index (χ3n) is 4.50. The SMILES string of the molecule is O[C@@H]1C2CC(C3CCCC32)[C@@H]1O. The lowest BCUT2D eigenvalue weighted by molar-refractivity contribution is -0.0497. The zero-order valence-corrected chi connectivity index (χ0v) is 7.19. The highest BCUT2D eigenvalue weighted by atomic mass is 16.3. The first-order valence-corrected chi connectivity index (χ1v) is 5.15. The maximum atomic E-state index is 9.68. The van der Waals surface area contributed by atoms with Crippen molar-refractivity contribution in [3.63, 3.8) is 0 Å². The molecule has 0 amide bonds. The number of rotatable bonds is 0. The molecule has 0 aliphatic heterocycles. The van der Waals surface area contributed by atoms with Gasteiger partial charge in [0, 0.05) is 0 Å². The van der Waals surface area contributed by atoms with Gasteiger partial charge in [-0.05, 0) is 42.9 Å². The van der Waals surface area contributed by atoms with E-state index in [1.54, 1.807) is 0 Å². The lowest BCUT2D eigenvalue weighted by atomic mass is 9.79. The van der Waals surface area contributed by atoms with E-state index in [4.69, 9.17) is 0 Å². The Morgan fingerprint density at radius 1 is 0.750 bits per heavy atom. The number of fused-ring (bicyclic) bond motifs is 5. The van der Waals surface area contributed by atoms with Gasteiger partial charge in [0.25, 0.3) is 0 Å². The summed E-state index contributed by atoms with van der Waals surface area (Å²) in [4.78, 5) is 0. The predicted molar refractivity (Wildman–Crippen MR) is 44.4 cm³/mol. The second kappa shape index (κ2) is 2.24. The second-order valence-electron chi connectivity index (χ2n) is 4.80. The van der Waals surface area contributed by atoms with Gasteiger partial charge in [0.05, 0.1) is 12.2 Å². The molecule has 4 unspecified atom stereocenters. The van der Waals surface area contributed by atoms with Crippen molar-refractivity contribution in [3.05, 3.63) is 0 Å². The van der Waals surface area contributed by atoms with Crippen LogP contribution in [0, 0.1) is 23.7 Å². The molecule has 0 aromatic rings. The highest BCUT2D eigenvalue weighted by Crippen LogP contribution is 2.58. The molecule has 0 aromatic carbocycles. The third kappa shape index (κ3) is 0.686. The summed E-state index contributed by atoms with van der Waals surface area (Å²) in [5.74, 6) is 2.40. The quantitative estimate of drug-likeness (QED) is 0.561. The van der Waals surface area contributed by atoms with E-state index in [0.29, 0.717) is 11.8 Å². The highest BCUT2D eigenvalue weighted by Gasteiger charge is 2.58. The van der Waals surface area contributed by atoms with Crippen molar-refractivity contribution >= 4 is 0 Å². The van der Waals surface area contributed by atoms with Gasteiger partial charge in [-0.1, -0.05) is 6.42 Å². The van der Waals surface area contributed by atoms with Gasteiger partial charge < -0.3 is 10.2 Å². The van der Waals surface area contributed by atoms with Crippen LogP contribution < -0.4 is 0 Å². The molecule has 0 heterocycles. The Labute approximate surface area is 72.6 Å². The Balaban J connectivity index is 1.92. The molecule has 2 nitrogen and oxygen atoms in total. The number of aliphatic hydroxyl groups excluding tert-OH is 2. The fourth-order valence-electron chi connectivity index (χ4n) is 4.04. The van der Waals surface area contributed by atoms with Crippen molar-refractivity contribution in [2.24, 2.45) is 23.7 Å². The Morgan fingerprint density at radius 3 is 1.75 bits per heavy atom. The van der Waals surface area contributed by atoms with Gasteiger partial charge in [-0.15, -0.1) is 0 Å². The Morgan fingerprint density at radius 2 is 1.25 bits per heavy atom. The summed E-state index contributed by atoms with van der Waals surface area (Å²) < 4.78 is 0. The Hall–Kier alpha value is -0.0800. The van der Waals surface area contributed by atoms with Crippen LogP contribution in [0.5, 0.6) is 0 Å². The fraction of sp³-hybridized carbons (Fsp3) is 1.00. The van der Waals surface area contributed by atoms with Crippen molar-refractivity contribution in [2.45, 2.75) is 37.9 Å². The Kier molecular flexibility index (Phi) is 1.37. The number of hydrogen-bond donors (Lipinski definition) is 2. The summed E-state index contributed by atoms with van der Waals surface area (Å²) in [6.45, 7) is 0. The van der Waals surface area contributed by atoms with Gasteiger partial charge in [-0.25, -0.2) is 0 Å². The van der Waals surface area contributed by atoms with Gasteiger partial charge in [0.15, 0.2) is 0 Å². The minimum absolute atomic E-state index is 0.394. The van der Waals surface area contributed by atoms with Crippen LogP contribution in [-0.2, 0) is 0 Å². The normalized spacial score (nSPS) is 62.5. The van der Waals surface area contributed by atoms with Crippen LogP contribution in [0.25, 0.3) is 0 Å². The second-order valence-corrected chi connectivity index (χ2v) is 4.80. The van der Waals surface area contributed by atoms with E-state index in [0.717, 1.165) is 18.3 Å². The number of aliphatic hydroxyl groups is 2. The average molecular weight is 168 g/mol. The molecule has 68 valence electrons. The van der Waals surface area contributed by atoms with Gasteiger partial charge in [0.2, 0.25) is 0 Å². The summed E-state index contributed by atoms with van der Waals surface area (Å²) in [6, 6.07) is 0. The number of hydrogen-bond acceptors (Lipinski definition) is 2. The smallest absolute Gasteiger partial charge is 0.0832 e. The van der Waals surface area contributed by atoms with Crippen LogP contribution in [0.3, 0.4) is 0 Å². The van der Waals surface area contributed by atoms with Crippen LogP contribution in [0.1, 0.15) is 25.7 Å². The molecular formula is C10H16O2. The fourth-order valence-corrected chi connectivity index (χ4v) is 4.04. The van der Waals surface area contributed by atoms with Gasteiger partial charge >= 0.3 is 0 Å². The van der Waals surface area contributed by atoms with Crippen LogP contribution in [0.4, 0.5) is 0 Å². The molecule has 3 aliphatic carbocycles. The summed E-state index contributed by atoms with van der Waals surface area (Å²) in [5.41, 5.74) is 0. The van der Waals surface area contributed by atoms with Gasteiger partial charge in [0.1, 0.15) is 0 Å². The van der Waals surface area contributed by atoms with Crippen molar-refractivity contribution in [1.82, 2.24) is 0 Å². The maximum Gasteiger partial charge on any atom is 0.0832 e. The van der Waals surface area contributed by atoms with Crippen molar-refractivity contribution < 1.29 is 10.2 Å². The van der Waals surface area contributed by atoms with Crippen LogP contribution in [-0.4, -0.2) is 22.4 Å². The molecule has 3 fully saturated rings. The topological polar surface area (TPSA) is 40.5 Å². The molecule has 3 aliphatic rings. The molecule has 3 rings (SSSR count). The largest absolute Gasteiger partial charge is 0.390 e. The molecule has 2 heteroatoms. The molecule has 3 saturated carbocycles. The molecule has 0 saturated heterocycles. The first-order chi connectivity index (χ1) is 5.79. The first-order valence-electron chi connectivity index (χ1n) is 5.15.